The second-order valence-corrected chi connectivity index (χ2v) is 6.34. The number of hydrogen-bond acceptors (Lipinski definition) is 4. The van der Waals surface area contributed by atoms with E-state index in [0.717, 1.165) is 5.56 Å². The van der Waals surface area contributed by atoms with Gasteiger partial charge in [-0.2, -0.15) is 0 Å². The first-order chi connectivity index (χ1) is 11.2. The van der Waals surface area contributed by atoms with Crippen LogP contribution in [-0.4, -0.2) is 34.7 Å². The van der Waals surface area contributed by atoms with Gasteiger partial charge in [-0.1, -0.05) is 30.3 Å². The highest BCUT2D eigenvalue weighted by atomic mass is 16.6. The maximum absolute atomic E-state index is 11.8. The summed E-state index contributed by atoms with van der Waals surface area (Å²) in [5.74, 6) is -1.49. The second-order valence-electron chi connectivity index (χ2n) is 6.34. The zero-order valence-corrected chi connectivity index (χ0v) is 14.2. The highest BCUT2D eigenvalue weighted by Gasteiger charge is 2.24. The van der Waals surface area contributed by atoms with Crippen LogP contribution in [0, 0.1) is 0 Å². The van der Waals surface area contributed by atoms with E-state index in [1.54, 1.807) is 20.8 Å². The molecule has 7 nitrogen and oxygen atoms in total. The summed E-state index contributed by atoms with van der Waals surface area (Å²) in [5.41, 5.74) is 0.229. The smallest absolute Gasteiger partial charge is 0.408 e. The number of carbonyl (C=O) groups excluding carboxylic acids is 2. The Morgan fingerprint density at radius 2 is 1.79 bits per heavy atom. The van der Waals surface area contributed by atoms with Gasteiger partial charge in [-0.3, -0.25) is 4.79 Å². The highest BCUT2D eigenvalue weighted by molar-refractivity contribution is 5.81. The van der Waals surface area contributed by atoms with E-state index in [-0.39, 0.29) is 18.7 Å². The molecular formula is C17H24N2O5. The molecule has 24 heavy (non-hydrogen) atoms. The van der Waals surface area contributed by atoms with Gasteiger partial charge in [0.05, 0.1) is 0 Å². The number of aliphatic carboxylic acids is 1. The van der Waals surface area contributed by atoms with E-state index >= 15 is 0 Å². The molecule has 2 amide bonds. The zero-order valence-electron chi connectivity index (χ0n) is 14.2. The molecule has 7 heteroatoms. The van der Waals surface area contributed by atoms with E-state index in [1.165, 1.54) is 0 Å². The Bertz CT molecular complexity index is 566. The number of nitrogens with one attached hydrogen (secondary N) is 2. The third-order valence-electron chi connectivity index (χ3n) is 2.98. The first kappa shape index (κ1) is 19.5. The van der Waals surface area contributed by atoms with Crippen LogP contribution in [0.25, 0.3) is 0 Å². The summed E-state index contributed by atoms with van der Waals surface area (Å²) in [7, 11) is 0. The van der Waals surface area contributed by atoms with Gasteiger partial charge in [-0.25, -0.2) is 9.59 Å². The van der Waals surface area contributed by atoms with Crippen LogP contribution >= 0.6 is 0 Å². The van der Waals surface area contributed by atoms with Crippen molar-refractivity contribution in [2.45, 2.75) is 51.8 Å². The van der Waals surface area contributed by atoms with Crippen molar-refractivity contribution >= 4 is 18.0 Å². The molecular weight excluding hydrogens is 312 g/mol. The predicted molar refractivity (Wildman–Crippen MR) is 88.3 cm³/mol. The van der Waals surface area contributed by atoms with Crippen molar-refractivity contribution in [2.24, 2.45) is 0 Å². The molecule has 3 N–H and O–H groups in total. The fourth-order valence-electron chi connectivity index (χ4n) is 1.87. The van der Waals surface area contributed by atoms with Crippen LogP contribution in [0.4, 0.5) is 4.79 Å². The zero-order chi connectivity index (χ0) is 18.2. The Labute approximate surface area is 141 Å². The Balaban J connectivity index is 2.41. The number of carbonyl (C=O) groups is 3. The summed E-state index contributed by atoms with van der Waals surface area (Å²) >= 11 is 0. The van der Waals surface area contributed by atoms with Crippen LogP contribution in [-0.2, 0) is 20.9 Å². The van der Waals surface area contributed by atoms with Crippen molar-refractivity contribution < 1.29 is 24.2 Å². The van der Waals surface area contributed by atoms with Gasteiger partial charge in [0.25, 0.3) is 0 Å². The van der Waals surface area contributed by atoms with Crippen LogP contribution in [0.15, 0.2) is 30.3 Å². The van der Waals surface area contributed by atoms with Gasteiger partial charge in [-0.15, -0.1) is 0 Å². The molecule has 0 radical (unpaired) electrons. The third kappa shape index (κ3) is 8.17. The molecule has 0 saturated heterocycles. The minimum absolute atomic E-state index is 0.0143. The number of hydrogen-bond donors (Lipinski definition) is 3. The lowest BCUT2D eigenvalue weighted by Gasteiger charge is -2.21. The van der Waals surface area contributed by atoms with Crippen LogP contribution in [0.1, 0.15) is 39.2 Å². The third-order valence-corrected chi connectivity index (χ3v) is 2.98. The van der Waals surface area contributed by atoms with Gasteiger partial charge in [0.15, 0.2) is 0 Å². The molecule has 1 aromatic rings. The monoisotopic (exact) mass is 336 g/mol. The fraction of sp³-hybridized carbons (Fsp3) is 0.471. The molecule has 0 fully saturated rings. The number of carboxylic acids is 1. The van der Waals surface area contributed by atoms with E-state index in [9.17, 15) is 14.4 Å². The molecule has 132 valence electrons. The number of amides is 2. The van der Waals surface area contributed by atoms with E-state index < -0.39 is 23.7 Å². The van der Waals surface area contributed by atoms with Crippen molar-refractivity contribution in [3.8, 4) is 0 Å². The standard InChI is InChI=1S/C17H24N2O5/c1-17(2,3)24-16(23)19-13(15(21)22)9-10-14(20)18-11-12-7-5-4-6-8-12/h4-8,13H,9-11H2,1-3H3,(H,18,20)(H,19,23)(H,21,22)/t13-/m0/s1. The molecule has 0 aliphatic heterocycles. The van der Waals surface area contributed by atoms with Crippen LogP contribution in [0.3, 0.4) is 0 Å². The first-order valence-electron chi connectivity index (χ1n) is 7.70. The molecule has 0 heterocycles. The topological polar surface area (TPSA) is 105 Å². The number of rotatable bonds is 7. The molecule has 0 saturated carbocycles. The Morgan fingerprint density at radius 3 is 2.33 bits per heavy atom. The molecule has 1 atom stereocenters. The lowest BCUT2D eigenvalue weighted by Crippen LogP contribution is -2.44. The lowest BCUT2D eigenvalue weighted by molar-refractivity contribution is -0.139. The van der Waals surface area contributed by atoms with Crippen molar-refractivity contribution in [1.82, 2.24) is 10.6 Å². The second kappa shape index (κ2) is 8.90. The van der Waals surface area contributed by atoms with Gasteiger partial charge < -0.3 is 20.5 Å². The van der Waals surface area contributed by atoms with Gasteiger partial charge >= 0.3 is 12.1 Å². The van der Waals surface area contributed by atoms with Crippen molar-refractivity contribution in [2.75, 3.05) is 0 Å². The largest absolute Gasteiger partial charge is 0.480 e. The maximum atomic E-state index is 11.8. The van der Waals surface area contributed by atoms with Crippen molar-refractivity contribution in [1.29, 1.82) is 0 Å². The number of ether oxygens (including phenoxy) is 1. The van der Waals surface area contributed by atoms with Crippen LogP contribution in [0.2, 0.25) is 0 Å². The average Bonchev–Trinajstić information content (AvgIpc) is 2.48. The SMILES string of the molecule is CC(C)(C)OC(=O)N[C@@H](CCC(=O)NCc1ccccc1)C(=O)O. The maximum Gasteiger partial charge on any atom is 0.408 e. The Morgan fingerprint density at radius 1 is 1.17 bits per heavy atom. The first-order valence-corrected chi connectivity index (χ1v) is 7.70. The molecule has 1 rings (SSSR count). The molecule has 0 aliphatic carbocycles. The molecule has 1 aromatic carbocycles. The van der Waals surface area contributed by atoms with Crippen LogP contribution < -0.4 is 10.6 Å². The normalized spacial score (nSPS) is 12.1. The molecule has 0 aromatic heterocycles. The summed E-state index contributed by atoms with van der Waals surface area (Å²) in [4.78, 5) is 34.6. The molecule has 0 unspecified atom stereocenters. The summed E-state index contributed by atoms with van der Waals surface area (Å²) in [6.07, 6.45) is -0.853. The number of benzene rings is 1. The van der Waals surface area contributed by atoms with Gasteiger partial charge in [0.1, 0.15) is 11.6 Å². The van der Waals surface area contributed by atoms with Gasteiger partial charge in [-0.05, 0) is 32.8 Å². The van der Waals surface area contributed by atoms with Crippen LogP contribution in [0.5, 0.6) is 0 Å². The highest BCUT2D eigenvalue weighted by Crippen LogP contribution is 2.08. The average molecular weight is 336 g/mol. The summed E-state index contributed by atoms with van der Waals surface area (Å²) in [6, 6.07) is 8.20. The Hall–Kier alpha value is -2.57. The molecule has 0 aliphatic rings. The van der Waals surface area contributed by atoms with E-state index in [1.807, 2.05) is 30.3 Å². The lowest BCUT2D eigenvalue weighted by atomic mass is 10.1. The summed E-state index contributed by atoms with van der Waals surface area (Å²) in [6.45, 7) is 5.41. The Kier molecular flexibility index (Phi) is 7.23. The van der Waals surface area contributed by atoms with Crippen molar-refractivity contribution in [3.63, 3.8) is 0 Å². The fourth-order valence-corrected chi connectivity index (χ4v) is 1.87. The minimum atomic E-state index is -1.21. The minimum Gasteiger partial charge on any atom is -0.480 e. The van der Waals surface area contributed by atoms with Gasteiger partial charge in [0, 0.05) is 13.0 Å². The quantitative estimate of drug-likeness (QED) is 0.707. The van der Waals surface area contributed by atoms with E-state index in [4.69, 9.17) is 9.84 Å². The molecule has 0 spiro atoms. The number of carboxylic acid groups (broad SMARTS) is 1. The van der Waals surface area contributed by atoms with E-state index in [0.29, 0.717) is 6.54 Å². The molecule has 0 bridgehead atoms. The summed E-state index contributed by atoms with van der Waals surface area (Å²) < 4.78 is 5.02. The predicted octanol–water partition coefficient (Wildman–Crippen LogP) is 2.06. The van der Waals surface area contributed by atoms with E-state index in [2.05, 4.69) is 10.6 Å². The van der Waals surface area contributed by atoms with Crippen molar-refractivity contribution in [3.05, 3.63) is 35.9 Å². The summed E-state index contributed by atoms with van der Waals surface area (Å²) in [5, 5.41) is 14.1. The van der Waals surface area contributed by atoms with Gasteiger partial charge in [0.2, 0.25) is 5.91 Å². The number of alkyl carbamates (subject to hydrolysis) is 1.